The van der Waals surface area contributed by atoms with Crippen molar-refractivity contribution in [3.8, 4) is 11.5 Å². The number of pyridine rings is 1. The van der Waals surface area contributed by atoms with E-state index in [0.29, 0.717) is 13.1 Å². The first-order valence-corrected chi connectivity index (χ1v) is 10.6. The Kier molecular flexibility index (Phi) is 7.16. The number of rotatable bonds is 7. The fraction of sp³-hybridized carbons (Fsp3) is 0.478. The molecule has 0 aliphatic carbocycles. The molecule has 1 aromatic heterocycles. The molecule has 1 aromatic carbocycles. The second-order valence-electron chi connectivity index (χ2n) is 7.71. The lowest BCUT2D eigenvalue weighted by molar-refractivity contribution is -0.135. The third-order valence-electron chi connectivity index (χ3n) is 5.53. The number of amides is 1. The van der Waals surface area contributed by atoms with Gasteiger partial charge in [-0.3, -0.25) is 14.7 Å². The molecule has 0 spiro atoms. The van der Waals surface area contributed by atoms with Gasteiger partial charge in [-0.2, -0.15) is 0 Å². The quantitative estimate of drug-likeness (QED) is 0.697. The molecule has 160 valence electrons. The average molecular weight is 412 g/mol. The number of morpholine rings is 1. The number of hydrogen-bond acceptors (Lipinski definition) is 6. The van der Waals surface area contributed by atoms with Crippen LogP contribution in [0.2, 0.25) is 0 Å². The summed E-state index contributed by atoms with van der Waals surface area (Å²) in [6.45, 7) is 5.90. The summed E-state index contributed by atoms with van der Waals surface area (Å²) in [4.78, 5) is 20.8. The zero-order valence-corrected chi connectivity index (χ0v) is 17.2. The van der Waals surface area contributed by atoms with E-state index in [-0.39, 0.29) is 18.6 Å². The SMILES string of the molecule is O=C(COc1ccc(CN2CCOCC2)cc1)N1CCC(Oc2cccnc2)CC1. The van der Waals surface area contributed by atoms with Gasteiger partial charge >= 0.3 is 0 Å². The molecule has 0 unspecified atom stereocenters. The number of piperidine rings is 1. The van der Waals surface area contributed by atoms with Crippen molar-refractivity contribution < 1.29 is 19.0 Å². The number of hydrogen-bond donors (Lipinski definition) is 0. The summed E-state index contributed by atoms with van der Waals surface area (Å²) in [5.41, 5.74) is 1.24. The zero-order valence-electron chi connectivity index (χ0n) is 17.2. The minimum Gasteiger partial charge on any atom is -0.489 e. The lowest BCUT2D eigenvalue weighted by Gasteiger charge is -2.32. The molecule has 0 bridgehead atoms. The van der Waals surface area contributed by atoms with Crippen LogP contribution in [0, 0.1) is 0 Å². The van der Waals surface area contributed by atoms with Gasteiger partial charge in [0.1, 0.15) is 17.6 Å². The van der Waals surface area contributed by atoms with Gasteiger partial charge in [-0.05, 0) is 29.8 Å². The molecule has 7 heteroatoms. The van der Waals surface area contributed by atoms with Crippen LogP contribution in [0.25, 0.3) is 0 Å². The predicted molar refractivity (Wildman–Crippen MR) is 113 cm³/mol. The number of carbonyl (C=O) groups is 1. The smallest absolute Gasteiger partial charge is 0.260 e. The highest BCUT2D eigenvalue weighted by Gasteiger charge is 2.24. The van der Waals surface area contributed by atoms with Crippen LogP contribution in [0.15, 0.2) is 48.8 Å². The summed E-state index contributed by atoms with van der Waals surface area (Å²) in [6.07, 6.45) is 5.20. The van der Waals surface area contributed by atoms with Crippen molar-refractivity contribution in [2.45, 2.75) is 25.5 Å². The minimum absolute atomic E-state index is 0.0206. The van der Waals surface area contributed by atoms with Gasteiger partial charge in [-0.1, -0.05) is 12.1 Å². The molecule has 2 saturated heterocycles. The van der Waals surface area contributed by atoms with Gasteiger partial charge in [0.15, 0.2) is 6.61 Å². The molecule has 0 saturated carbocycles. The van der Waals surface area contributed by atoms with Crippen molar-refractivity contribution >= 4 is 5.91 Å². The molecule has 2 aliphatic rings. The summed E-state index contributed by atoms with van der Waals surface area (Å²) < 4.78 is 17.0. The maximum absolute atomic E-state index is 12.5. The average Bonchev–Trinajstić information content (AvgIpc) is 2.80. The molecule has 0 radical (unpaired) electrons. The van der Waals surface area contributed by atoms with Crippen LogP contribution in [0.1, 0.15) is 18.4 Å². The van der Waals surface area contributed by atoms with E-state index < -0.39 is 0 Å². The van der Waals surface area contributed by atoms with Gasteiger partial charge in [-0.15, -0.1) is 0 Å². The molecule has 0 N–H and O–H groups in total. The van der Waals surface area contributed by atoms with Gasteiger partial charge in [0.25, 0.3) is 5.91 Å². The molecular weight excluding hydrogens is 382 g/mol. The van der Waals surface area contributed by atoms with Crippen molar-refractivity contribution in [2.24, 2.45) is 0 Å². The van der Waals surface area contributed by atoms with Gasteiger partial charge in [0, 0.05) is 51.8 Å². The largest absolute Gasteiger partial charge is 0.489 e. The Morgan fingerprint density at radius 1 is 1.03 bits per heavy atom. The normalized spacial score (nSPS) is 18.2. The zero-order chi connectivity index (χ0) is 20.6. The van der Waals surface area contributed by atoms with Crippen molar-refractivity contribution in [2.75, 3.05) is 46.0 Å². The molecule has 0 atom stereocenters. The Morgan fingerprint density at radius 3 is 2.50 bits per heavy atom. The highest BCUT2D eigenvalue weighted by Crippen LogP contribution is 2.19. The minimum atomic E-state index is 0.0206. The first-order valence-electron chi connectivity index (χ1n) is 10.6. The molecule has 1 amide bonds. The second kappa shape index (κ2) is 10.4. The predicted octanol–water partition coefficient (Wildman–Crippen LogP) is 2.36. The summed E-state index contributed by atoms with van der Waals surface area (Å²) in [5, 5.41) is 0. The number of ether oxygens (including phenoxy) is 3. The van der Waals surface area contributed by atoms with E-state index in [1.54, 1.807) is 12.4 Å². The Labute approximate surface area is 177 Å². The van der Waals surface area contributed by atoms with Crippen molar-refractivity contribution in [3.05, 3.63) is 54.4 Å². The third kappa shape index (κ3) is 5.93. The van der Waals surface area contributed by atoms with Crippen molar-refractivity contribution in [3.63, 3.8) is 0 Å². The van der Waals surface area contributed by atoms with Crippen molar-refractivity contribution in [1.82, 2.24) is 14.8 Å². The molecule has 30 heavy (non-hydrogen) atoms. The van der Waals surface area contributed by atoms with E-state index in [1.165, 1.54) is 5.56 Å². The van der Waals surface area contributed by atoms with Crippen LogP contribution in [-0.4, -0.2) is 72.8 Å². The van der Waals surface area contributed by atoms with Crippen LogP contribution in [0.4, 0.5) is 0 Å². The topological polar surface area (TPSA) is 64.1 Å². The van der Waals surface area contributed by atoms with Crippen molar-refractivity contribution in [1.29, 1.82) is 0 Å². The summed E-state index contributed by atoms with van der Waals surface area (Å²) >= 11 is 0. The number of carbonyl (C=O) groups excluding carboxylic acids is 1. The van der Waals surface area contributed by atoms with Crippen LogP contribution in [-0.2, 0) is 16.1 Å². The van der Waals surface area contributed by atoms with Crippen LogP contribution in [0.5, 0.6) is 11.5 Å². The van der Waals surface area contributed by atoms with Gasteiger partial charge in [0.05, 0.1) is 19.4 Å². The fourth-order valence-electron chi connectivity index (χ4n) is 3.78. The maximum Gasteiger partial charge on any atom is 0.260 e. The molecule has 2 fully saturated rings. The Morgan fingerprint density at radius 2 is 1.80 bits per heavy atom. The third-order valence-corrected chi connectivity index (χ3v) is 5.53. The fourth-order valence-corrected chi connectivity index (χ4v) is 3.78. The monoisotopic (exact) mass is 411 g/mol. The summed E-state index contributed by atoms with van der Waals surface area (Å²) in [5.74, 6) is 1.53. The summed E-state index contributed by atoms with van der Waals surface area (Å²) in [7, 11) is 0. The molecule has 7 nitrogen and oxygen atoms in total. The van der Waals surface area contributed by atoms with Gasteiger partial charge in [-0.25, -0.2) is 0 Å². The standard InChI is InChI=1S/C23H29N3O4/c27-23(26-10-7-21(8-11-26)30-22-2-1-9-24-16-22)18-29-20-5-3-19(4-6-20)17-25-12-14-28-15-13-25/h1-6,9,16,21H,7-8,10-15,17-18H2. The maximum atomic E-state index is 12.5. The number of likely N-dealkylation sites (tertiary alicyclic amines) is 1. The molecule has 2 aromatic rings. The number of aromatic nitrogens is 1. The van der Waals surface area contributed by atoms with E-state index in [0.717, 1.165) is 57.2 Å². The highest BCUT2D eigenvalue weighted by molar-refractivity contribution is 5.77. The summed E-state index contributed by atoms with van der Waals surface area (Å²) in [6, 6.07) is 11.8. The lowest BCUT2D eigenvalue weighted by Crippen LogP contribution is -2.43. The van der Waals surface area contributed by atoms with Crippen LogP contribution >= 0.6 is 0 Å². The van der Waals surface area contributed by atoms with E-state index in [1.807, 2.05) is 29.2 Å². The van der Waals surface area contributed by atoms with Gasteiger partial charge < -0.3 is 19.1 Å². The molecule has 4 rings (SSSR count). The Balaban J connectivity index is 1.17. The van der Waals surface area contributed by atoms with Crippen LogP contribution in [0.3, 0.4) is 0 Å². The van der Waals surface area contributed by atoms with E-state index in [9.17, 15) is 4.79 Å². The Bertz CT molecular complexity index is 786. The number of nitrogens with zero attached hydrogens (tertiary/aromatic N) is 3. The second-order valence-corrected chi connectivity index (χ2v) is 7.71. The highest BCUT2D eigenvalue weighted by atomic mass is 16.5. The van der Waals surface area contributed by atoms with E-state index in [2.05, 4.69) is 22.0 Å². The van der Waals surface area contributed by atoms with Crippen LogP contribution < -0.4 is 9.47 Å². The Hall–Kier alpha value is -2.64. The molecule has 3 heterocycles. The first-order chi connectivity index (χ1) is 14.8. The van der Waals surface area contributed by atoms with E-state index in [4.69, 9.17) is 14.2 Å². The van der Waals surface area contributed by atoms with Gasteiger partial charge in [0.2, 0.25) is 0 Å². The number of benzene rings is 1. The first kappa shape index (κ1) is 20.6. The lowest BCUT2D eigenvalue weighted by atomic mass is 10.1. The van der Waals surface area contributed by atoms with E-state index >= 15 is 0 Å². The molecular formula is C23H29N3O4. The molecule has 2 aliphatic heterocycles.